The van der Waals surface area contributed by atoms with Crippen molar-refractivity contribution in [1.29, 1.82) is 0 Å². The topological polar surface area (TPSA) is 30.2 Å². The standard InChI is InChI=1S/C11H9N3/c1-8-2-3-9-4-5-14-7-12-13-11(14)10(9)6-8/h2-7H,1H3. The van der Waals surface area contributed by atoms with E-state index >= 15 is 0 Å². The van der Waals surface area contributed by atoms with Gasteiger partial charge in [-0.3, -0.25) is 4.40 Å². The summed E-state index contributed by atoms with van der Waals surface area (Å²) in [6, 6.07) is 8.43. The van der Waals surface area contributed by atoms with Gasteiger partial charge in [0.25, 0.3) is 0 Å². The summed E-state index contributed by atoms with van der Waals surface area (Å²) >= 11 is 0. The molecule has 0 spiro atoms. The minimum atomic E-state index is 0.922. The third kappa shape index (κ3) is 0.923. The summed E-state index contributed by atoms with van der Waals surface area (Å²) in [5, 5.41) is 10.4. The van der Waals surface area contributed by atoms with E-state index in [-0.39, 0.29) is 0 Å². The lowest BCUT2D eigenvalue weighted by molar-refractivity contribution is 1.10. The number of fused-ring (bicyclic) bond motifs is 3. The predicted molar refractivity (Wildman–Crippen MR) is 55.2 cm³/mol. The first-order valence-electron chi connectivity index (χ1n) is 4.53. The van der Waals surface area contributed by atoms with Crippen LogP contribution in [0.15, 0.2) is 36.8 Å². The highest BCUT2D eigenvalue weighted by molar-refractivity contribution is 5.94. The highest BCUT2D eigenvalue weighted by atomic mass is 15.2. The highest BCUT2D eigenvalue weighted by Gasteiger charge is 2.01. The van der Waals surface area contributed by atoms with Crippen molar-refractivity contribution in [3.63, 3.8) is 0 Å². The third-order valence-corrected chi connectivity index (χ3v) is 2.44. The zero-order valence-electron chi connectivity index (χ0n) is 7.81. The minimum Gasteiger partial charge on any atom is -0.289 e. The van der Waals surface area contributed by atoms with Crippen molar-refractivity contribution in [2.24, 2.45) is 0 Å². The van der Waals surface area contributed by atoms with Gasteiger partial charge in [-0.2, -0.15) is 0 Å². The Hall–Kier alpha value is -1.90. The van der Waals surface area contributed by atoms with Crippen molar-refractivity contribution in [1.82, 2.24) is 14.6 Å². The molecule has 3 aromatic rings. The van der Waals surface area contributed by atoms with Crippen LogP contribution in [-0.2, 0) is 0 Å². The fourth-order valence-corrected chi connectivity index (χ4v) is 1.71. The van der Waals surface area contributed by atoms with E-state index in [4.69, 9.17) is 0 Å². The molecule has 1 aromatic carbocycles. The second-order valence-electron chi connectivity index (χ2n) is 3.47. The number of hydrogen-bond donors (Lipinski definition) is 0. The van der Waals surface area contributed by atoms with Crippen molar-refractivity contribution in [2.45, 2.75) is 6.92 Å². The SMILES string of the molecule is Cc1ccc2ccn3cnnc3c2c1. The number of hydrogen-bond acceptors (Lipinski definition) is 2. The molecule has 3 nitrogen and oxygen atoms in total. The molecule has 0 fully saturated rings. The smallest absolute Gasteiger partial charge is 0.168 e. The molecule has 68 valence electrons. The van der Waals surface area contributed by atoms with Crippen molar-refractivity contribution in [2.75, 3.05) is 0 Å². The predicted octanol–water partition coefficient (Wildman–Crippen LogP) is 2.19. The van der Waals surface area contributed by atoms with Gasteiger partial charge in [0.2, 0.25) is 0 Å². The molecular formula is C11H9N3. The molecular weight excluding hydrogens is 174 g/mol. The van der Waals surface area contributed by atoms with Gasteiger partial charge < -0.3 is 0 Å². The van der Waals surface area contributed by atoms with Crippen LogP contribution < -0.4 is 0 Å². The molecule has 0 amide bonds. The molecule has 0 bridgehead atoms. The summed E-state index contributed by atoms with van der Waals surface area (Å²) in [6.07, 6.45) is 3.70. The van der Waals surface area contributed by atoms with E-state index in [1.807, 2.05) is 10.6 Å². The molecule has 2 aromatic heterocycles. The fourth-order valence-electron chi connectivity index (χ4n) is 1.71. The lowest BCUT2D eigenvalue weighted by Gasteiger charge is -2.00. The first kappa shape index (κ1) is 7.50. The zero-order valence-corrected chi connectivity index (χ0v) is 7.81. The van der Waals surface area contributed by atoms with Crippen molar-refractivity contribution < 1.29 is 0 Å². The number of aryl methyl sites for hydroxylation is 1. The molecule has 3 rings (SSSR count). The molecule has 0 aliphatic carbocycles. The summed E-state index contributed by atoms with van der Waals surface area (Å²) in [5.74, 6) is 0. The van der Waals surface area contributed by atoms with Gasteiger partial charge in [0.1, 0.15) is 6.33 Å². The zero-order chi connectivity index (χ0) is 9.54. The van der Waals surface area contributed by atoms with Crippen LogP contribution in [0.1, 0.15) is 5.56 Å². The fraction of sp³-hybridized carbons (Fsp3) is 0.0909. The minimum absolute atomic E-state index is 0.922. The number of rotatable bonds is 0. The second kappa shape index (κ2) is 2.54. The third-order valence-electron chi connectivity index (χ3n) is 2.44. The van der Waals surface area contributed by atoms with E-state index in [1.54, 1.807) is 6.33 Å². The molecule has 0 N–H and O–H groups in total. The van der Waals surface area contributed by atoms with Gasteiger partial charge in [-0.1, -0.05) is 17.7 Å². The lowest BCUT2D eigenvalue weighted by Crippen LogP contribution is -1.85. The maximum Gasteiger partial charge on any atom is 0.168 e. The van der Waals surface area contributed by atoms with Gasteiger partial charge in [-0.15, -0.1) is 10.2 Å². The van der Waals surface area contributed by atoms with Crippen LogP contribution in [0.5, 0.6) is 0 Å². The molecule has 2 heterocycles. The molecule has 0 unspecified atom stereocenters. The van der Waals surface area contributed by atoms with Gasteiger partial charge in [-0.05, 0) is 24.4 Å². The molecule has 0 atom stereocenters. The Morgan fingerprint density at radius 1 is 1.21 bits per heavy atom. The van der Waals surface area contributed by atoms with Gasteiger partial charge >= 0.3 is 0 Å². The quantitative estimate of drug-likeness (QED) is 0.534. The van der Waals surface area contributed by atoms with E-state index in [0.29, 0.717) is 0 Å². The van der Waals surface area contributed by atoms with Crippen LogP contribution in [0.25, 0.3) is 16.4 Å². The van der Waals surface area contributed by atoms with Crippen LogP contribution in [0.4, 0.5) is 0 Å². The van der Waals surface area contributed by atoms with Crippen LogP contribution in [0.2, 0.25) is 0 Å². The Kier molecular flexibility index (Phi) is 1.36. The van der Waals surface area contributed by atoms with E-state index in [9.17, 15) is 0 Å². The monoisotopic (exact) mass is 183 g/mol. The molecule has 3 heteroatoms. The summed E-state index contributed by atoms with van der Waals surface area (Å²) in [5.41, 5.74) is 2.17. The van der Waals surface area contributed by atoms with Gasteiger partial charge in [0, 0.05) is 11.6 Å². The van der Waals surface area contributed by atoms with Gasteiger partial charge in [0.05, 0.1) is 0 Å². The summed E-state index contributed by atoms with van der Waals surface area (Å²) in [6.45, 7) is 2.08. The molecule has 0 aliphatic rings. The first-order valence-corrected chi connectivity index (χ1v) is 4.53. The van der Waals surface area contributed by atoms with Crippen LogP contribution in [0, 0.1) is 6.92 Å². The maximum atomic E-state index is 4.10. The Bertz CT molecular complexity index is 610. The van der Waals surface area contributed by atoms with E-state index in [1.165, 1.54) is 10.9 Å². The number of aromatic nitrogens is 3. The Balaban J connectivity index is 2.60. The highest BCUT2D eigenvalue weighted by Crippen LogP contribution is 2.19. The van der Waals surface area contributed by atoms with E-state index in [2.05, 4.69) is 41.4 Å². The Labute approximate surface area is 81.0 Å². The molecule has 0 saturated carbocycles. The van der Waals surface area contributed by atoms with Gasteiger partial charge in [-0.25, -0.2) is 0 Å². The van der Waals surface area contributed by atoms with Gasteiger partial charge in [0.15, 0.2) is 5.65 Å². The van der Waals surface area contributed by atoms with Crippen LogP contribution in [0.3, 0.4) is 0 Å². The molecule has 0 saturated heterocycles. The van der Waals surface area contributed by atoms with Crippen LogP contribution in [-0.4, -0.2) is 14.6 Å². The summed E-state index contributed by atoms with van der Waals surface area (Å²) in [4.78, 5) is 0. The largest absolute Gasteiger partial charge is 0.289 e. The van der Waals surface area contributed by atoms with Crippen LogP contribution >= 0.6 is 0 Å². The Morgan fingerprint density at radius 3 is 3.07 bits per heavy atom. The van der Waals surface area contributed by atoms with Crippen molar-refractivity contribution >= 4 is 16.4 Å². The molecule has 14 heavy (non-hydrogen) atoms. The van der Waals surface area contributed by atoms with Crippen molar-refractivity contribution in [3.8, 4) is 0 Å². The van der Waals surface area contributed by atoms with E-state index < -0.39 is 0 Å². The molecule has 0 aliphatic heterocycles. The van der Waals surface area contributed by atoms with Crippen molar-refractivity contribution in [3.05, 3.63) is 42.4 Å². The maximum absolute atomic E-state index is 4.10. The number of nitrogens with zero attached hydrogens (tertiary/aromatic N) is 3. The summed E-state index contributed by atoms with van der Waals surface area (Å²) in [7, 11) is 0. The number of pyridine rings is 1. The first-order chi connectivity index (χ1) is 6.84. The summed E-state index contributed by atoms with van der Waals surface area (Å²) < 4.78 is 1.93. The number of benzene rings is 1. The van der Waals surface area contributed by atoms with E-state index in [0.717, 1.165) is 11.0 Å². The average Bonchev–Trinajstić information content (AvgIpc) is 2.65. The average molecular weight is 183 g/mol. The lowest BCUT2D eigenvalue weighted by atomic mass is 10.1. The normalized spacial score (nSPS) is 11.2. The second-order valence-corrected chi connectivity index (χ2v) is 3.47. The molecule has 0 radical (unpaired) electrons. The Morgan fingerprint density at radius 2 is 2.14 bits per heavy atom.